The highest BCUT2D eigenvalue weighted by Crippen LogP contribution is 2.12. The molecule has 17 heavy (non-hydrogen) atoms. The van der Waals surface area contributed by atoms with Crippen LogP contribution in [0.1, 0.15) is 72.6 Å². The molecule has 0 spiro atoms. The Morgan fingerprint density at radius 1 is 0.941 bits per heavy atom. The van der Waals surface area contributed by atoms with E-state index in [0.717, 1.165) is 19.4 Å². The lowest BCUT2D eigenvalue weighted by atomic mass is 10.0. The van der Waals surface area contributed by atoms with Crippen molar-refractivity contribution in [3.05, 3.63) is 0 Å². The molecule has 0 aliphatic carbocycles. The number of rotatable bonds is 11. The summed E-state index contributed by atoms with van der Waals surface area (Å²) in [7, 11) is 0. The molecule has 0 aliphatic rings. The molecule has 2 nitrogen and oxygen atoms in total. The van der Waals surface area contributed by atoms with E-state index in [1.807, 2.05) is 6.92 Å². The van der Waals surface area contributed by atoms with Gasteiger partial charge in [0.2, 0.25) is 0 Å². The molecule has 0 fully saturated rings. The van der Waals surface area contributed by atoms with E-state index in [0.29, 0.717) is 12.0 Å². The van der Waals surface area contributed by atoms with E-state index in [1.165, 1.54) is 32.1 Å². The Balaban J connectivity index is 3.38. The van der Waals surface area contributed by atoms with Crippen molar-refractivity contribution < 1.29 is 9.84 Å². The van der Waals surface area contributed by atoms with Crippen molar-refractivity contribution in [1.29, 1.82) is 0 Å². The van der Waals surface area contributed by atoms with Crippen LogP contribution in [0.2, 0.25) is 0 Å². The maximum atomic E-state index is 9.20. The summed E-state index contributed by atoms with van der Waals surface area (Å²) in [5.41, 5.74) is 0. The molecule has 3 unspecified atom stereocenters. The molecular formula is C15H32O2. The molecule has 0 bridgehead atoms. The number of hydrogen-bond donors (Lipinski definition) is 1. The smallest absolute Gasteiger partial charge is 0.0547 e. The van der Waals surface area contributed by atoms with Gasteiger partial charge in [0.25, 0.3) is 0 Å². The Morgan fingerprint density at radius 2 is 1.65 bits per heavy atom. The summed E-state index contributed by atoms with van der Waals surface area (Å²) in [6, 6.07) is 0. The Labute approximate surface area is 108 Å². The molecular weight excluding hydrogens is 212 g/mol. The molecule has 2 heteroatoms. The van der Waals surface area contributed by atoms with Crippen LogP contribution in [-0.4, -0.2) is 23.9 Å². The van der Waals surface area contributed by atoms with Crippen LogP contribution in [0.3, 0.4) is 0 Å². The van der Waals surface area contributed by atoms with Gasteiger partial charge in [-0.05, 0) is 39.0 Å². The van der Waals surface area contributed by atoms with E-state index in [2.05, 4.69) is 20.8 Å². The first-order chi connectivity index (χ1) is 8.06. The quantitative estimate of drug-likeness (QED) is 0.553. The van der Waals surface area contributed by atoms with Crippen molar-refractivity contribution >= 4 is 0 Å². The van der Waals surface area contributed by atoms with Crippen LogP contribution in [0.15, 0.2) is 0 Å². The van der Waals surface area contributed by atoms with Crippen LogP contribution < -0.4 is 0 Å². The molecule has 0 radical (unpaired) electrons. The van der Waals surface area contributed by atoms with Gasteiger partial charge in [-0.1, -0.05) is 39.5 Å². The Morgan fingerprint density at radius 3 is 2.24 bits per heavy atom. The minimum Gasteiger partial charge on any atom is -0.393 e. The van der Waals surface area contributed by atoms with Crippen LogP contribution in [0, 0.1) is 5.92 Å². The zero-order chi connectivity index (χ0) is 13.1. The van der Waals surface area contributed by atoms with E-state index in [1.54, 1.807) is 0 Å². The normalized spacial score (nSPS) is 16.8. The Hall–Kier alpha value is -0.0800. The van der Waals surface area contributed by atoms with Gasteiger partial charge in [-0.15, -0.1) is 0 Å². The van der Waals surface area contributed by atoms with Crippen LogP contribution in [0.5, 0.6) is 0 Å². The minimum atomic E-state index is -0.177. The molecule has 0 rings (SSSR count). The summed E-state index contributed by atoms with van der Waals surface area (Å²) in [4.78, 5) is 0. The Bertz CT molecular complexity index is 157. The molecule has 0 saturated carbocycles. The largest absolute Gasteiger partial charge is 0.393 e. The summed E-state index contributed by atoms with van der Waals surface area (Å²) in [6.07, 6.45) is 8.60. The van der Waals surface area contributed by atoms with Crippen molar-refractivity contribution in [2.45, 2.75) is 84.8 Å². The molecule has 104 valence electrons. The first kappa shape index (κ1) is 16.9. The lowest BCUT2D eigenvalue weighted by Crippen LogP contribution is -2.15. The highest BCUT2D eigenvalue weighted by Gasteiger charge is 2.08. The molecule has 0 aromatic carbocycles. The number of ether oxygens (including phenoxy) is 1. The lowest BCUT2D eigenvalue weighted by molar-refractivity contribution is 0.0327. The van der Waals surface area contributed by atoms with E-state index in [9.17, 15) is 5.11 Å². The van der Waals surface area contributed by atoms with E-state index >= 15 is 0 Å². The third-order valence-corrected chi connectivity index (χ3v) is 3.21. The second-order valence-electron chi connectivity index (χ2n) is 5.52. The van der Waals surface area contributed by atoms with Gasteiger partial charge in [-0.2, -0.15) is 0 Å². The maximum absolute atomic E-state index is 9.20. The van der Waals surface area contributed by atoms with Crippen LogP contribution in [0.4, 0.5) is 0 Å². The summed E-state index contributed by atoms with van der Waals surface area (Å²) < 4.78 is 5.83. The monoisotopic (exact) mass is 244 g/mol. The van der Waals surface area contributed by atoms with Gasteiger partial charge in [-0.25, -0.2) is 0 Å². The van der Waals surface area contributed by atoms with E-state index in [4.69, 9.17) is 4.74 Å². The van der Waals surface area contributed by atoms with Gasteiger partial charge in [-0.3, -0.25) is 0 Å². The summed E-state index contributed by atoms with van der Waals surface area (Å²) in [5.74, 6) is 0.558. The maximum Gasteiger partial charge on any atom is 0.0547 e. The zero-order valence-electron chi connectivity index (χ0n) is 12.2. The summed E-state index contributed by atoms with van der Waals surface area (Å²) >= 11 is 0. The molecule has 0 heterocycles. The molecule has 0 saturated heterocycles. The average molecular weight is 244 g/mol. The van der Waals surface area contributed by atoms with Crippen LogP contribution in [-0.2, 0) is 4.74 Å². The molecule has 0 aromatic heterocycles. The van der Waals surface area contributed by atoms with Crippen molar-refractivity contribution in [2.75, 3.05) is 6.61 Å². The number of unbranched alkanes of at least 4 members (excludes halogenated alkanes) is 3. The molecule has 3 atom stereocenters. The fourth-order valence-corrected chi connectivity index (χ4v) is 1.88. The number of aliphatic hydroxyl groups excluding tert-OH is 1. The van der Waals surface area contributed by atoms with Crippen molar-refractivity contribution in [3.63, 3.8) is 0 Å². The van der Waals surface area contributed by atoms with Crippen molar-refractivity contribution in [1.82, 2.24) is 0 Å². The molecule has 1 N–H and O–H groups in total. The fourth-order valence-electron chi connectivity index (χ4n) is 1.88. The second kappa shape index (κ2) is 11.0. The van der Waals surface area contributed by atoms with Gasteiger partial charge in [0.15, 0.2) is 0 Å². The van der Waals surface area contributed by atoms with E-state index < -0.39 is 0 Å². The topological polar surface area (TPSA) is 29.5 Å². The van der Waals surface area contributed by atoms with Gasteiger partial charge >= 0.3 is 0 Å². The fraction of sp³-hybridized carbons (Fsp3) is 1.00. The predicted molar refractivity (Wildman–Crippen MR) is 74.3 cm³/mol. The van der Waals surface area contributed by atoms with Crippen LogP contribution >= 0.6 is 0 Å². The third-order valence-electron chi connectivity index (χ3n) is 3.21. The standard InChI is InChI=1S/C15H32O2/c1-5-6-7-8-9-15(4)17-12-13(2)10-11-14(3)16/h13-16H,5-12H2,1-4H3. The first-order valence-electron chi connectivity index (χ1n) is 7.35. The summed E-state index contributed by atoms with van der Waals surface area (Å²) in [5, 5.41) is 9.20. The van der Waals surface area contributed by atoms with Gasteiger partial charge < -0.3 is 9.84 Å². The highest BCUT2D eigenvalue weighted by atomic mass is 16.5. The van der Waals surface area contributed by atoms with Crippen molar-refractivity contribution in [2.24, 2.45) is 5.92 Å². The number of aliphatic hydroxyl groups is 1. The van der Waals surface area contributed by atoms with Crippen molar-refractivity contribution in [3.8, 4) is 0 Å². The third kappa shape index (κ3) is 12.2. The second-order valence-corrected chi connectivity index (χ2v) is 5.52. The zero-order valence-corrected chi connectivity index (χ0v) is 12.2. The van der Waals surface area contributed by atoms with E-state index in [-0.39, 0.29) is 6.10 Å². The van der Waals surface area contributed by atoms with Crippen LogP contribution in [0.25, 0.3) is 0 Å². The SMILES string of the molecule is CCCCCCC(C)OCC(C)CCC(C)O. The molecule has 0 amide bonds. The van der Waals surface area contributed by atoms with Gasteiger partial charge in [0, 0.05) is 6.61 Å². The molecule has 0 aliphatic heterocycles. The summed E-state index contributed by atoms with van der Waals surface area (Å²) in [6.45, 7) is 9.30. The molecule has 0 aromatic rings. The number of hydrogen-bond acceptors (Lipinski definition) is 2. The lowest BCUT2D eigenvalue weighted by Gasteiger charge is -2.17. The minimum absolute atomic E-state index is 0.177. The van der Waals surface area contributed by atoms with Gasteiger partial charge in [0.05, 0.1) is 12.2 Å². The average Bonchev–Trinajstić information content (AvgIpc) is 2.29. The van der Waals surface area contributed by atoms with Gasteiger partial charge in [0.1, 0.15) is 0 Å². The predicted octanol–water partition coefficient (Wildman–Crippen LogP) is 4.16. The highest BCUT2D eigenvalue weighted by molar-refractivity contribution is 4.58. The Kier molecular flexibility index (Phi) is 11.0. The first-order valence-corrected chi connectivity index (χ1v) is 7.35.